The van der Waals surface area contributed by atoms with Crippen molar-refractivity contribution < 1.29 is 14.3 Å². The van der Waals surface area contributed by atoms with Crippen LogP contribution in [0.4, 0.5) is 5.69 Å². The van der Waals surface area contributed by atoms with Gasteiger partial charge in [-0.1, -0.05) is 41.4 Å². The largest absolute Gasteiger partial charge is 0.468 e. The lowest BCUT2D eigenvalue weighted by Crippen LogP contribution is -2.33. The van der Waals surface area contributed by atoms with Gasteiger partial charge in [0.1, 0.15) is 6.04 Å². The Morgan fingerprint density at radius 1 is 1.12 bits per heavy atom. The topological polar surface area (TPSA) is 81.4 Å². The number of carbonyl (C=O) groups is 2. The first-order valence-electron chi connectivity index (χ1n) is 7.10. The molecule has 0 aromatic heterocycles. The minimum atomic E-state index is -0.725. The Balaban J connectivity index is 2.06. The van der Waals surface area contributed by atoms with Gasteiger partial charge in [-0.05, 0) is 36.2 Å². The van der Waals surface area contributed by atoms with Crippen LogP contribution in [-0.4, -0.2) is 25.0 Å². The van der Waals surface area contributed by atoms with Crippen molar-refractivity contribution in [1.82, 2.24) is 0 Å². The van der Waals surface area contributed by atoms with Gasteiger partial charge in [-0.2, -0.15) is 0 Å². The van der Waals surface area contributed by atoms with Crippen LogP contribution in [0.15, 0.2) is 42.5 Å². The third kappa shape index (κ3) is 4.47. The molecular weight excluding hydrogens is 351 g/mol. The predicted molar refractivity (Wildman–Crippen MR) is 94.6 cm³/mol. The maximum absolute atomic E-state index is 12.3. The molecule has 7 heteroatoms. The van der Waals surface area contributed by atoms with E-state index >= 15 is 0 Å². The van der Waals surface area contributed by atoms with Gasteiger partial charge in [-0.25, -0.2) is 0 Å². The SMILES string of the molecule is COC(=O)[C@H](N)Cc1ccc(NC(=O)c2c(Cl)cccc2Cl)cc1. The standard InChI is InChI=1S/C17H16Cl2N2O3/c1-24-17(23)14(20)9-10-5-7-11(8-6-10)21-16(22)15-12(18)3-2-4-13(15)19/h2-8,14H,9,20H2,1H3,(H,21,22)/t14-/m1/s1. The van der Waals surface area contributed by atoms with Crippen LogP contribution in [-0.2, 0) is 16.0 Å². The summed E-state index contributed by atoms with van der Waals surface area (Å²) >= 11 is 12.0. The molecule has 2 aromatic rings. The Hall–Kier alpha value is -2.08. The van der Waals surface area contributed by atoms with Crippen LogP contribution < -0.4 is 11.1 Å². The van der Waals surface area contributed by atoms with Gasteiger partial charge in [-0.3, -0.25) is 9.59 Å². The lowest BCUT2D eigenvalue weighted by molar-refractivity contribution is -0.142. The first kappa shape index (κ1) is 18.3. The molecule has 0 heterocycles. The fourth-order valence-corrected chi connectivity index (χ4v) is 2.69. The number of nitrogens with two attached hydrogens (primary N) is 1. The molecule has 0 saturated heterocycles. The molecule has 0 saturated carbocycles. The summed E-state index contributed by atoms with van der Waals surface area (Å²) < 4.78 is 4.59. The Morgan fingerprint density at radius 2 is 1.71 bits per heavy atom. The van der Waals surface area contributed by atoms with E-state index in [4.69, 9.17) is 28.9 Å². The van der Waals surface area contributed by atoms with E-state index in [-0.39, 0.29) is 15.6 Å². The van der Waals surface area contributed by atoms with Crippen molar-refractivity contribution in [3.05, 3.63) is 63.6 Å². The number of carbonyl (C=O) groups excluding carboxylic acids is 2. The van der Waals surface area contributed by atoms with Gasteiger partial charge in [0, 0.05) is 5.69 Å². The maximum atomic E-state index is 12.3. The number of anilines is 1. The summed E-state index contributed by atoms with van der Waals surface area (Å²) in [7, 11) is 1.29. The number of methoxy groups -OCH3 is 1. The Kier molecular flexibility index (Phi) is 6.20. The summed E-state index contributed by atoms with van der Waals surface area (Å²) in [6.45, 7) is 0. The van der Waals surface area contributed by atoms with E-state index in [0.717, 1.165) is 5.56 Å². The molecule has 1 amide bonds. The number of halogens is 2. The minimum absolute atomic E-state index is 0.220. The highest BCUT2D eigenvalue weighted by Crippen LogP contribution is 2.25. The number of esters is 1. The normalized spacial score (nSPS) is 11.7. The summed E-state index contributed by atoms with van der Waals surface area (Å²) in [5.41, 5.74) is 7.36. The van der Waals surface area contributed by atoms with Crippen molar-refractivity contribution in [2.24, 2.45) is 5.73 Å². The minimum Gasteiger partial charge on any atom is -0.468 e. The zero-order chi connectivity index (χ0) is 17.7. The zero-order valence-corrected chi connectivity index (χ0v) is 14.4. The molecule has 3 N–H and O–H groups in total. The molecule has 24 heavy (non-hydrogen) atoms. The van der Waals surface area contributed by atoms with Crippen LogP contribution in [0.5, 0.6) is 0 Å². The molecule has 126 valence electrons. The zero-order valence-electron chi connectivity index (χ0n) is 12.9. The number of nitrogens with one attached hydrogen (secondary N) is 1. The number of amides is 1. The van der Waals surface area contributed by atoms with Gasteiger partial charge in [-0.15, -0.1) is 0 Å². The third-order valence-corrected chi connectivity index (χ3v) is 3.99. The average molecular weight is 367 g/mol. The molecule has 0 radical (unpaired) electrons. The number of hydrogen-bond donors (Lipinski definition) is 2. The number of rotatable bonds is 5. The molecule has 0 aliphatic rings. The van der Waals surface area contributed by atoms with E-state index in [1.807, 2.05) is 0 Å². The summed E-state index contributed by atoms with van der Waals surface area (Å²) in [4.78, 5) is 23.6. The van der Waals surface area contributed by atoms with Gasteiger partial charge in [0.25, 0.3) is 5.91 Å². The summed E-state index contributed by atoms with van der Waals surface area (Å²) in [5, 5.41) is 3.28. The first-order chi connectivity index (χ1) is 11.4. The number of hydrogen-bond acceptors (Lipinski definition) is 4. The van der Waals surface area contributed by atoms with Crippen molar-refractivity contribution >= 4 is 40.8 Å². The van der Waals surface area contributed by atoms with E-state index in [1.54, 1.807) is 42.5 Å². The summed E-state index contributed by atoms with van der Waals surface area (Å²) in [5.74, 6) is -0.870. The number of benzene rings is 2. The second-order valence-electron chi connectivity index (χ2n) is 5.08. The predicted octanol–water partition coefficient (Wildman–Crippen LogP) is 3.29. The van der Waals surface area contributed by atoms with Crippen LogP contribution in [0.2, 0.25) is 10.0 Å². The highest BCUT2D eigenvalue weighted by molar-refractivity contribution is 6.40. The van der Waals surface area contributed by atoms with Crippen molar-refractivity contribution in [1.29, 1.82) is 0 Å². The second-order valence-corrected chi connectivity index (χ2v) is 5.90. The van der Waals surface area contributed by atoms with Crippen molar-refractivity contribution in [2.75, 3.05) is 12.4 Å². The van der Waals surface area contributed by atoms with Crippen LogP contribution >= 0.6 is 23.2 Å². The van der Waals surface area contributed by atoms with E-state index in [9.17, 15) is 9.59 Å². The molecule has 2 rings (SSSR count). The monoisotopic (exact) mass is 366 g/mol. The van der Waals surface area contributed by atoms with Gasteiger partial charge in [0.05, 0.1) is 22.7 Å². The molecule has 0 unspecified atom stereocenters. The average Bonchev–Trinajstić information content (AvgIpc) is 2.55. The third-order valence-electron chi connectivity index (χ3n) is 3.36. The fourth-order valence-electron chi connectivity index (χ4n) is 2.12. The summed E-state index contributed by atoms with van der Waals surface area (Å²) in [6.07, 6.45) is 0.344. The Morgan fingerprint density at radius 3 is 2.25 bits per heavy atom. The van der Waals surface area contributed by atoms with E-state index in [0.29, 0.717) is 12.1 Å². The highest BCUT2D eigenvalue weighted by Gasteiger charge is 2.16. The fraction of sp³-hybridized carbons (Fsp3) is 0.176. The first-order valence-corrected chi connectivity index (χ1v) is 7.85. The van der Waals surface area contributed by atoms with Crippen LogP contribution in [0.25, 0.3) is 0 Å². The van der Waals surface area contributed by atoms with Crippen LogP contribution in [0.1, 0.15) is 15.9 Å². The smallest absolute Gasteiger partial charge is 0.322 e. The summed E-state index contributed by atoms with van der Waals surface area (Å²) in [6, 6.07) is 11.1. The van der Waals surface area contributed by atoms with Crippen molar-refractivity contribution in [2.45, 2.75) is 12.5 Å². The second kappa shape index (κ2) is 8.15. The molecule has 0 bridgehead atoms. The molecule has 0 fully saturated rings. The lowest BCUT2D eigenvalue weighted by Gasteiger charge is -2.11. The van der Waals surface area contributed by atoms with Crippen molar-refractivity contribution in [3.63, 3.8) is 0 Å². The Bertz CT molecular complexity index is 728. The molecular formula is C17H16Cl2N2O3. The molecule has 2 aromatic carbocycles. The molecule has 1 atom stereocenters. The van der Waals surface area contributed by atoms with Crippen molar-refractivity contribution in [3.8, 4) is 0 Å². The molecule has 0 aliphatic heterocycles. The van der Waals surface area contributed by atoms with E-state index in [2.05, 4.69) is 10.1 Å². The van der Waals surface area contributed by atoms with Gasteiger partial charge in [0.2, 0.25) is 0 Å². The van der Waals surface area contributed by atoms with E-state index in [1.165, 1.54) is 7.11 Å². The lowest BCUT2D eigenvalue weighted by atomic mass is 10.1. The van der Waals surface area contributed by atoms with Gasteiger partial charge >= 0.3 is 5.97 Å². The van der Waals surface area contributed by atoms with Crippen LogP contribution in [0.3, 0.4) is 0 Å². The molecule has 0 spiro atoms. The maximum Gasteiger partial charge on any atom is 0.322 e. The van der Waals surface area contributed by atoms with Gasteiger partial charge < -0.3 is 15.8 Å². The van der Waals surface area contributed by atoms with Gasteiger partial charge in [0.15, 0.2) is 0 Å². The quantitative estimate of drug-likeness (QED) is 0.795. The molecule has 0 aliphatic carbocycles. The Labute approximate surface area is 149 Å². The number of ether oxygens (including phenoxy) is 1. The van der Waals surface area contributed by atoms with E-state index < -0.39 is 17.9 Å². The van der Waals surface area contributed by atoms with Crippen LogP contribution in [0, 0.1) is 0 Å². The highest BCUT2D eigenvalue weighted by atomic mass is 35.5. The molecule has 5 nitrogen and oxygen atoms in total.